The second kappa shape index (κ2) is 14.3. The Hall–Kier alpha value is -4.09. The van der Waals surface area contributed by atoms with E-state index in [1.165, 1.54) is 54.4 Å². The van der Waals surface area contributed by atoms with Crippen molar-refractivity contribution in [2.24, 2.45) is 5.73 Å². The topological polar surface area (TPSA) is 93.6 Å². The number of likely N-dealkylation sites (tertiary alicyclic amines) is 1. The molecule has 2 N–H and O–H groups in total. The first-order valence-electron chi connectivity index (χ1n) is 15.8. The number of fused-ring (bicyclic) bond motifs is 1. The SMILES string of the molecule is Cc1c(OCCCN2CCCC2)cccc1-c1cccc2c1CC[C@@H]2Oc1cc(OCc2cncc(C#N)c2)c(CN)cc1Cl. The van der Waals surface area contributed by atoms with Crippen molar-refractivity contribution in [2.75, 3.05) is 26.2 Å². The molecule has 1 fully saturated rings. The first-order valence-corrected chi connectivity index (χ1v) is 16.1. The van der Waals surface area contributed by atoms with Crippen molar-refractivity contribution in [2.45, 2.75) is 58.3 Å². The molecule has 1 aromatic heterocycles. The Bertz CT molecular complexity index is 1700. The zero-order chi connectivity index (χ0) is 31.2. The van der Waals surface area contributed by atoms with Crippen molar-refractivity contribution < 1.29 is 14.2 Å². The average molecular weight is 623 g/mol. The zero-order valence-electron chi connectivity index (χ0n) is 25.7. The fourth-order valence-electron chi connectivity index (χ4n) is 6.43. The van der Waals surface area contributed by atoms with Gasteiger partial charge in [0.15, 0.2) is 0 Å². The number of hydrogen-bond acceptors (Lipinski definition) is 7. The molecule has 2 aliphatic rings. The number of halogens is 1. The summed E-state index contributed by atoms with van der Waals surface area (Å²) in [6.07, 6.45) is 8.48. The monoisotopic (exact) mass is 622 g/mol. The molecule has 1 saturated heterocycles. The molecule has 8 heteroatoms. The molecule has 1 aliphatic carbocycles. The summed E-state index contributed by atoms with van der Waals surface area (Å²) in [5.41, 5.74) is 14.1. The van der Waals surface area contributed by atoms with Crippen LogP contribution in [0.1, 0.15) is 65.2 Å². The van der Waals surface area contributed by atoms with E-state index in [1.54, 1.807) is 12.3 Å². The smallest absolute Gasteiger partial charge is 0.142 e. The second-order valence-electron chi connectivity index (χ2n) is 11.8. The maximum absolute atomic E-state index is 9.19. The standard InChI is InChI=1S/C37H39ClN4O3/c1-25-29(7-5-10-34(25)43-16-6-15-42-13-2-3-14-42)30-8-4-9-32-31(30)11-12-35(32)45-37-19-36(28(21-40)18-33(37)38)44-24-27-17-26(20-39)22-41-23-27/h4-5,7-10,17-19,22-23,35H,2-3,6,11-16,21,24,40H2,1H3/t35-/m0/s1. The largest absolute Gasteiger partial charge is 0.493 e. The first kappa shape index (κ1) is 30.9. The van der Waals surface area contributed by atoms with Crippen molar-refractivity contribution >= 4 is 11.6 Å². The highest BCUT2D eigenvalue weighted by molar-refractivity contribution is 6.32. The van der Waals surface area contributed by atoms with Gasteiger partial charge in [-0.25, -0.2) is 0 Å². The van der Waals surface area contributed by atoms with E-state index in [-0.39, 0.29) is 19.3 Å². The third-order valence-electron chi connectivity index (χ3n) is 8.79. The predicted octanol–water partition coefficient (Wildman–Crippen LogP) is 7.55. The number of nitriles is 1. The number of nitrogens with two attached hydrogens (primary N) is 1. The van der Waals surface area contributed by atoms with Crippen LogP contribution in [0.25, 0.3) is 11.1 Å². The number of aromatic nitrogens is 1. The molecule has 0 spiro atoms. The highest BCUT2D eigenvalue weighted by atomic mass is 35.5. The van der Waals surface area contributed by atoms with E-state index >= 15 is 0 Å². The number of pyridine rings is 1. The second-order valence-corrected chi connectivity index (χ2v) is 12.2. The Kier molecular flexibility index (Phi) is 9.85. The van der Waals surface area contributed by atoms with Crippen LogP contribution in [-0.4, -0.2) is 36.1 Å². The van der Waals surface area contributed by atoms with Crippen LogP contribution >= 0.6 is 11.6 Å². The van der Waals surface area contributed by atoms with E-state index < -0.39 is 0 Å². The lowest BCUT2D eigenvalue weighted by Crippen LogP contribution is -2.22. The Labute approximate surface area is 270 Å². The molecule has 0 saturated carbocycles. The van der Waals surface area contributed by atoms with Crippen LogP contribution in [0.15, 0.2) is 67.0 Å². The maximum Gasteiger partial charge on any atom is 0.142 e. The lowest BCUT2D eigenvalue weighted by Gasteiger charge is -2.20. The zero-order valence-corrected chi connectivity index (χ0v) is 26.5. The molecule has 0 radical (unpaired) electrons. The molecule has 45 heavy (non-hydrogen) atoms. The number of nitrogens with zero attached hydrogens (tertiary/aromatic N) is 3. The lowest BCUT2D eigenvalue weighted by molar-refractivity contribution is 0.206. The minimum absolute atomic E-state index is 0.143. The summed E-state index contributed by atoms with van der Waals surface area (Å²) in [5.74, 6) is 2.10. The predicted molar refractivity (Wildman–Crippen MR) is 177 cm³/mol. The van der Waals surface area contributed by atoms with E-state index in [9.17, 15) is 5.26 Å². The highest BCUT2D eigenvalue weighted by Gasteiger charge is 2.28. The van der Waals surface area contributed by atoms with Gasteiger partial charge in [-0.05, 0) is 98.1 Å². The van der Waals surface area contributed by atoms with E-state index in [0.717, 1.165) is 54.9 Å². The minimum atomic E-state index is -0.143. The highest BCUT2D eigenvalue weighted by Crippen LogP contribution is 2.44. The molecule has 2 heterocycles. The molecule has 7 nitrogen and oxygen atoms in total. The summed E-state index contributed by atoms with van der Waals surface area (Å²) in [6.45, 7) is 6.93. The van der Waals surface area contributed by atoms with Gasteiger partial charge in [0.25, 0.3) is 0 Å². The van der Waals surface area contributed by atoms with Crippen molar-refractivity contribution in [3.05, 3.63) is 105 Å². The van der Waals surface area contributed by atoms with Gasteiger partial charge in [-0.15, -0.1) is 0 Å². The summed E-state index contributed by atoms with van der Waals surface area (Å²) in [7, 11) is 0. The fraction of sp³-hybridized carbons (Fsp3) is 0.351. The van der Waals surface area contributed by atoms with Gasteiger partial charge in [-0.2, -0.15) is 5.26 Å². The van der Waals surface area contributed by atoms with E-state index in [1.807, 2.05) is 12.1 Å². The van der Waals surface area contributed by atoms with Gasteiger partial charge in [-0.1, -0.05) is 41.9 Å². The quantitative estimate of drug-likeness (QED) is 0.163. The fourth-order valence-corrected chi connectivity index (χ4v) is 6.66. The summed E-state index contributed by atoms with van der Waals surface area (Å²) in [6, 6.07) is 20.3. The normalized spacial score (nSPS) is 15.9. The van der Waals surface area contributed by atoms with Gasteiger partial charge in [0, 0.05) is 42.7 Å². The Morgan fingerprint density at radius 3 is 2.64 bits per heavy atom. The summed E-state index contributed by atoms with van der Waals surface area (Å²) >= 11 is 6.70. The van der Waals surface area contributed by atoms with Crippen LogP contribution in [0.4, 0.5) is 0 Å². The number of benzene rings is 3. The summed E-state index contributed by atoms with van der Waals surface area (Å²) < 4.78 is 19.0. The molecule has 6 rings (SSSR count). The van der Waals surface area contributed by atoms with Crippen LogP contribution in [0.3, 0.4) is 0 Å². The number of rotatable bonds is 12. The molecule has 0 unspecified atom stereocenters. The molecular weight excluding hydrogens is 584 g/mol. The van der Waals surface area contributed by atoms with Gasteiger partial charge < -0.3 is 24.8 Å². The first-order chi connectivity index (χ1) is 22.0. The van der Waals surface area contributed by atoms with Gasteiger partial charge >= 0.3 is 0 Å². The van der Waals surface area contributed by atoms with Crippen molar-refractivity contribution in [3.8, 4) is 34.4 Å². The number of hydrogen-bond donors (Lipinski definition) is 1. The van der Waals surface area contributed by atoms with Gasteiger partial charge in [0.2, 0.25) is 0 Å². The lowest BCUT2D eigenvalue weighted by atomic mass is 9.93. The van der Waals surface area contributed by atoms with Crippen molar-refractivity contribution in [1.29, 1.82) is 5.26 Å². The van der Waals surface area contributed by atoms with Crippen LogP contribution < -0.4 is 19.9 Å². The van der Waals surface area contributed by atoms with Gasteiger partial charge in [0.1, 0.15) is 36.0 Å². The molecule has 4 aromatic rings. The summed E-state index contributed by atoms with van der Waals surface area (Å²) in [5, 5.41) is 9.69. The van der Waals surface area contributed by atoms with Gasteiger partial charge in [-0.3, -0.25) is 4.98 Å². The average Bonchev–Trinajstić information content (AvgIpc) is 3.74. The third kappa shape index (κ3) is 7.10. The molecular formula is C37H39ClN4O3. The van der Waals surface area contributed by atoms with E-state index in [2.05, 4.69) is 59.3 Å². The van der Waals surface area contributed by atoms with Gasteiger partial charge in [0.05, 0.1) is 17.2 Å². The molecule has 1 aliphatic heterocycles. The Morgan fingerprint density at radius 2 is 1.82 bits per heavy atom. The van der Waals surface area contributed by atoms with E-state index in [0.29, 0.717) is 22.1 Å². The Balaban J connectivity index is 1.18. The van der Waals surface area contributed by atoms with E-state index in [4.69, 9.17) is 31.5 Å². The molecule has 0 amide bonds. The van der Waals surface area contributed by atoms with Crippen LogP contribution in [0.2, 0.25) is 5.02 Å². The van der Waals surface area contributed by atoms with Crippen LogP contribution in [0, 0.1) is 18.3 Å². The molecule has 0 bridgehead atoms. The maximum atomic E-state index is 9.19. The van der Waals surface area contributed by atoms with Crippen LogP contribution in [0.5, 0.6) is 17.2 Å². The summed E-state index contributed by atoms with van der Waals surface area (Å²) in [4.78, 5) is 6.65. The van der Waals surface area contributed by atoms with Crippen LogP contribution in [-0.2, 0) is 19.6 Å². The molecule has 232 valence electrons. The Morgan fingerprint density at radius 1 is 1.00 bits per heavy atom. The number of ether oxygens (including phenoxy) is 3. The minimum Gasteiger partial charge on any atom is -0.493 e. The van der Waals surface area contributed by atoms with Crippen molar-refractivity contribution in [3.63, 3.8) is 0 Å². The molecule has 3 aromatic carbocycles. The third-order valence-corrected chi connectivity index (χ3v) is 9.08. The van der Waals surface area contributed by atoms with Crippen molar-refractivity contribution in [1.82, 2.24) is 9.88 Å². The molecule has 1 atom stereocenters.